The Hall–Kier alpha value is -2.06. The number of rotatable bonds is 5. The molecule has 9 heteroatoms. The summed E-state index contributed by atoms with van der Waals surface area (Å²) in [4.78, 5) is 15.6. The Morgan fingerprint density at radius 2 is 2.04 bits per heavy atom. The third-order valence-corrected chi connectivity index (χ3v) is 5.22. The van der Waals surface area contributed by atoms with E-state index in [4.69, 9.17) is 20.8 Å². The predicted molar refractivity (Wildman–Crippen MR) is 84.2 cm³/mol. The molecule has 0 unspecified atom stereocenters. The van der Waals surface area contributed by atoms with Crippen LogP contribution in [0, 0.1) is 6.92 Å². The molecule has 0 bridgehead atoms. The average molecular weight is 359 g/mol. The summed E-state index contributed by atoms with van der Waals surface area (Å²) in [6, 6.07) is 5.77. The van der Waals surface area contributed by atoms with Crippen LogP contribution in [0.4, 0.5) is 6.01 Å². The molecule has 0 amide bonds. The lowest BCUT2D eigenvalue weighted by Crippen LogP contribution is -2.27. The number of nitrogens with zero attached hydrogens (tertiary/aromatic N) is 2. The molecule has 0 N–H and O–H groups in total. The van der Waals surface area contributed by atoms with Gasteiger partial charge in [-0.05, 0) is 26.0 Å². The molecule has 0 saturated carbocycles. The lowest BCUT2D eigenvalue weighted by Gasteiger charge is -2.15. The van der Waals surface area contributed by atoms with Gasteiger partial charge in [0, 0.05) is 7.05 Å². The minimum Gasteiger partial charge on any atom is -0.460 e. The van der Waals surface area contributed by atoms with Crippen molar-refractivity contribution in [3.8, 4) is 0 Å². The van der Waals surface area contributed by atoms with Crippen molar-refractivity contribution < 1.29 is 22.4 Å². The van der Waals surface area contributed by atoms with Gasteiger partial charge in [0.05, 0.1) is 17.3 Å². The van der Waals surface area contributed by atoms with Gasteiger partial charge in [0.1, 0.15) is 4.90 Å². The van der Waals surface area contributed by atoms with Crippen molar-refractivity contribution in [2.45, 2.75) is 18.7 Å². The molecule has 0 saturated heterocycles. The number of ether oxygens (including phenoxy) is 1. The summed E-state index contributed by atoms with van der Waals surface area (Å²) in [6.07, 6.45) is 0. The fourth-order valence-corrected chi connectivity index (χ4v) is 3.38. The summed E-state index contributed by atoms with van der Waals surface area (Å²) in [6.45, 7) is 3.34. The second kappa shape index (κ2) is 6.59. The van der Waals surface area contributed by atoms with Crippen LogP contribution in [-0.4, -0.2) is 33.0 Å². The average Bonchev–Trinajstić information content (AvgIpc) is 2.89. The number of hydrogen-bond acceptors (Lipinski definition) is 6. The lowest BCUT2D eigenvalue weighted by atomic mass is 10.4. The Labute approximate surface area is 138 Å². The number of sulfonamides is 1. The molecule has 23 heavy (non-hydrogen) atoms. The van der Waals surface area contributed by atoms with Crippen LogP contribution >= 0.6 is 11.6 Å². The number of hydrogen-bond donors (Lipinski definition) is 0. The van der Waals surface area contributed by atoms with Crippen LogP contribution in [0.25, 0.3) is 0 Å². The molecule has 7 nitrogen and oxygen atoms in total. The Balaban J connectivity index is 2.41. The van der Waals surface area contributed by atoms with E-state index < -0.39 is 16.0 Å². The standard InChI is InChI=1S/C14H15ClN2O5S/c1-4-21-13(18)12-9(2)16-14(22-12)17(3)23(19,20)11-8-6-5-7-10(11)15/h5-8H,4H2,1-3H3. The van der Waals surface area contributed by atoms with E-state index in [0.29, 0.717) is 0 Å². The van der Waals surface area contributed by atoms with Crippen LogP contribution in [0.1, 0.15) is 23.2 Å². The van der Waals surface area contributed by atoms with Crippen LogP contribution < -0.4 is 4.31 Å². The van der Waals surface area contributed by atoms with Gasteiger partial charge in [0.25, 0.3) is 10.0 Å². The Morgan fingerprint density at radius 3 is 2.65 bits per heavy atom. The number of benzene rings is 1. The van der Waals surface area contributed by atoms with E-state index in [1.54, 1.807) is 19.1 Å². The molecule has 0 fully saturated rings. The van der Waals surface area contributed by atoms with Crippen molar-refractivity contribution in [3.05, 3.63) is 40.7 Å². The Kier molecular flexibility index (Phi) is 4.96. The summed E-state index contributed by atoms with van der Waals surface area (Å²) < 4.78 is 36.1. The Bertz CT molecular complexity index is 831. The summed E-state index contributed by atoms with van der Waals surface area (Å²) in [5, 5.41) is 0.0771. The minimum atomic E-state index is -3.97. The van der Waals surface area contributed by atoms with Gasteiger partial charge in [-0.3, -0.25) is 0 Å². The largest absolute Gasteiger partial charge is 0.460 e. The van der Waals surface area contributed by atoms with E-state index in [-0.39, 0.29) is 34.0 Å². The first-order valence-corrected chi connectivity index (χ1v) is 8.48. The maximum Gasteiger partial charge on any atom is 0.376 e. The number of carbonyl (C=O) groups excluding carboxylic acids is 1. The number of aryl methyl sites for hydroxylation is 1. The molecule has 2 rings (SSSR count). The highest BCUT2D eigenvalue weighted by molar-refractivity contribution is 7.92. The normalized spacial score (nSPS) is 11.3. The first-order valence-electron chi connectivity index (χ1n) is 6.67. The maximum atomic E-state index is 12.6. The number of carbonyl (C=O) groups is 1. The first-order chi connectivity index (χ1) is 10.8. The fraction of sp³-hybridized carbons (Fsp3) is 0.286. The van der Waals surface area contributed by atoms with Gasteiger partial charge in [-0.25, -0.2) is 17.5 Å². The summed E-state index contributed by atoms with van der Waals surface area (Å²) >= 11 is 5.94. The molecule has 1 aromatic carbocycles. The van der Waals surface area contributed by atoms with E-state index >= 15 is 0 Å². The van der Waals surface area contributed by atoms with Gasteiger partial charge in [-0.1, -0.05) is 23.7 Å². The molecule has 124 valence electrons. The number of halogens is 1. The molecule has 0 aliphatic heterocycles. The topological polar surface area (TPSA) is 89.7 Å². The second-order valence-electron chi connectivity index (χ2n) is 4.53. The van der Waals surface area contributed by atoms with E-state index in [0.717, 1.165) is 4.31 Å². The number of aromatic nitrogens is 1. The molecule has 0 spiro atoms. The molecule has 0 atom stereocenters. The van der Waals surface area contributed by atoms with E-state index in [1.807, 2.05) is 0 Å². The van der Waals surface area contributed by atoms with Crippen molar-refractivity contribution >= 4 is 33.6 Å². The molecular weight excluding hydrogens is 344 g/mol. The first kappa shape index (κ1) is 17.3. The summed E-state index contributed by atoms with van der Waals surface area (Å²) in [5.41, 5.74) is 0.236. The third kappa shape index (κ3) is 3.32. The van der Waals surface area contributed by atoms with E-state index in [9.17, 15) is 13.2 Å². The van der Waals surface area contributed by atoms with Crippen molar-refractivity contribution in [2.75, 3.05) is 18.0 Å². The SMILES string of the molecule is CCOC(=O)c1oc(N(C)S(=O)(=O)c2ccccc2Cl)nc1C. The van der Waals surface area contributed by atoms with Crippen molar-refractivity contribution in [3.63, 3.8) is 0 Å². The minimum absolute atomic E-state index is 0.0771. The van der Waals surface area contributed by atoms with Crippen LogP contribution in [-0.2, 0) is 14.8 Å². The van der Waals surface area contributed by atoms with Crippen LogP contribution in [0.2, 0.25) is 5.02 Å². The van der Waals surface area contributed by atoms with Crippen molar-refractivity contribution in [1.29, 1.82) is 0 Å². The molecule has 0 radical (unpaired) electrons. The third-order valence-electron chi connectivity index (χ3n) is 2.99. The van der Waals surface area contributed by atoms with Gasteiger partial charge in [0.15, 0.2) is 0 Å². The summed E-state index contributed by atoms with van der Waals surface area (Å²) in [5.74, 6) is -0.838. The monoisotopic (exact) mass is 358 g/mol. The van der Waals surface area contributed by atoms with Crippen LogP contribution in [0.3, 0.4) is 0 Å². The van der Waals surface area contributed by atoms with Gasteiger partial charge in [-0.2, -0.15) is 4.98 Å². The molecule has 1 aromatic heterocycles. The number of oxazole rings is 1. The highest BCUT2D eigenvalue weighted by Gasteiger charge is 2.29. The van der Waals surface area contributed by atoms with Crippen LogP contribution in [0.15, 0.2) is 33.6 Å². The zero-order valence-electron chi connectivity index (χ0n) is 12.7. The molecular formula is C14H15ClN2O5S. The van der Waals surface area contributed by atoms with Gasteiger partial charge in [-0.15, -0.1) is 0 Å². The zero-order valence-corrected chi connectivity index (χ0v) is 14.3. The highest BCUT2D eigenvalue weighted by atomic mass is 35.5. The van der Waals surface area contributed by atoms with Gasteiger partial charge >= 0.3 is 12.0 Å². The quantitative estimate of drug-likeness (QED) is 0.763. The number of esters is 1. The number of anilines is 1. The van der Waals surface area contributed by atoms with Crippen LogP contribution in [0.5, 0.6) is 0 Å². The second-order valence-corrected chi connectivity index (χ2v) is 6.88. The lowest BCUT2D eigenvalue weighted by molar-refractivity contribution is 0.0490. The molecule has 1 heterocycles. The van der Waals surface area contributed by atoms with Crippen molar-refractivity contribution in [1.82, 2.24) is 4.98 Å². The zero-order chi connectivity index (χ0) is 17.2. The Morgan fingerprint density at radius 1 is 1.39 bits per heavy atom. The molecule has 0 aliphatic carbocycles. The van der Waals surface area contributed by atoms with E-state index in [2.05, 4.69) is 4.98 Å². The molecule has 2 aromatic rings. The van der Waals surface area contributed by atoms with E-state index in [1.165, 1.54) is 26.1 Å². The maximum absolute atomic E-state index is 12.6. The van der Waals surface area contributed by atoms with Crippen molar-refractivity contribution in [2.24, 2.45) is 0 Å². The predicted octanol–water partition coefficient (Wildman–Crippen LogP) is 2.64. The fourth-order valence-electron chi connectivity index (χ4n) is 1.81. The smallest absolute Gasteiger partial charge is 0.376 e. The summed E-state index contributed by atoms with van der Waals surface area (Å²) in [7, 11) is -2.71. The highest BCUT2D eigenvalue weighted by Crippen LogP contribution is 2.28. The van der Waals surface area contributed by atoms with Gasteiger partial charge < -0.3 is 9.15 Å². The molecule has 0 aliphatic rings. The van der Waals surface area contributed by atoms with Gasteiger partial charge in [0.2, 0.25) is 5.76 Å².